The van der Waals surface area contributed by atoms with Gasteiger partial charge in [0.25, 0.3) is 5.91 Å². The van der Waals surface area contributed by atoms with E-state index in [9.17, 15) is 14.4 Å². The highest BCUT2D eigenvalue weighted by molar-refractivity contribution is 5.99. The summed E-state index contributed by atoms with van der Waals surface area (Å²) in [5.74, 6) is 1.40. The third-order valence-corrected chi connectivity index (χ3v) is 5.27. The van der Waals surface area contributed by atoms with Gasteiger partial charge in [-0.2, -0.15) is 5.10 Å². The van der Waals surface area contributed by atoms with Crippen LogP contribution in [0.1, 0.15) is 39.3 Å². The lowest BCUT2D eigenvalue weighted by Crippen LogP contribution is -2.40. The van der Waals surface area contributed by atoms with Crippen molar-refractivity contribution in [2.45, 2.75) is 26.7 Å². The van der Waals surface area contributed by atoms with Crippen LogP contribution in [0.2, 0.25) is 0 Å². The van der Waals surface area contributed by atoms with Crippen molar-refractivity contribution in [3.63, 3.8) is 0 Å². The predicted molar refractivity (Wildman–Crippen MR) is 120 cm³/mol. The monoisotopic (exact) mass is 432 g/mol. The van der Waals surface area contributed by atoms with E-state index in [1.807, 2.05) is 13.8 Å². The fourth-order valence-corrected chi connectivity index (χ4v) is 3.52. The van der Waals surface area contributed by atoms with Crippen LogP contribution in [0.5, 0.6) is 0 Å². The van der Waals surface area contributed by atoms with Gasteiger partial charge < -0.3 is 16.0 Å². The molecule has 3 rings (SSSR count). The first kappa shape index (κ1) is 22.5. The van der Waals surface area contributed by atoms with Crippen LogP contribution in [0, 0.1) is 26.2 Å². The van der Waals surface area contributed by atoms with E-state index in [4.69, 9.17) is 12.2 Å². The van der Waals surface area contributed by atoms with Crippen molar-refractivity contribution in [1.29, 1.82) is 0 Å². The highest BCUT2D eigenvalue weighted by Crippen LogP contribution is 2.21. The SMILES string of the molecule is C#Cc1cccc(N(CC(=O)NC)C(=O)CCc2c(C)nc3c(C(N)=O)cnn3c2C)c1. The van der Waals surface area contributed by atoms with Crippen LogP contribution in [-0.2, 0) is 16.0 Å². The molecule has 0 bridgehead atoms. The van der Waals surface area contributed by atoms with Gasteiger partial charge in [0.1, 0.15) is 12.1 Å². The molecule has 0 unspecified atom stereocenters. The third-order valence-electron chi connectivity index (χ3n) is 5.27. The van der Waals surface area contributed by atoms with E-state index in [2.05, 4.69) is 21.3 Å². The average Bonchev–Trinajstić information content (AvgIpc) is 3.21. The number of likely N-dealkylation sites (N-methyl/N-ethyl adjacent to an activating group) is 1. The summed E-state index contributed by atoms with van der Waals surface area (Å²) in [6.45, 7) is 3.53. The number of carbonyl (C=O) groups is 3. The molecule has 164 valence electrons. The maximum atomic E-state index is 13.1. The van der Waals surface area contributed by atoms with Crippen molar-refractivity contribution in [3.8, 4) is 12.3 Å². The molecule has 0 aliphatic heterocycles. The largest absolute Gasteiger partial charge is 0.365 e. The van der Waals surface area contributed by atoms with Crippen LogP contribution in [0.3, 0.4) is 0 Å². The van der Waals surface area contributed by atoms with Gasteiger partial charge in [0.2, 0.25) is 11.8 Å². The fourth-order valence-electron chi connectivity index (χ4n) is 3.52. The molecule has 0 saturated carbocycles. The van der Waals surface area contributed by atoms with Crippen molar-refractivity contribution in [2.24, 2.45) is 5.73 Å². The van der Waals surface area contributed by atoms with E-state index < -0.39 is 5.91 Å². The Hall–Kier alpha value is -4.19. The number of hydrogen-bond donors (Lipinski definition) is 2. The lowest BCUT2D eigenvalue weighted by atomic mass is 10.1. The number of aromatic nitrogens is 3. The number of nitrogens with one attached hydrogen (secondary N) is 1. The molecule has 3 amide bonds. The molecule has 3 N–H and O–H groups in total. The van der Waals surface area contributed by atoms with Crippen molar-refractivity contribution >= 4 is 29.1 Å². The number of primary amides is 1. The lowest BCUT2D eigenvalue weighted by Gasteiger charge is -2.23. The summed E-state index contributed by atoms with van der Waals surface area (Å²) in [4.78, 5) is 42.7. The topological polar surface area (TPSA) is 123 Å². The Morgan fingerprint density at radius 2 is 2.03 bits per heavy atom. The molecule has 1 aromatic carbocycles. The second kappa shape index (κ2) is 9.31. The van der Waals surface area contributed by atoms with E-state index in [1.165, 1.54) is 18.1 Å². The van der Waals surface area contributed by atoms with Gasteiger partial charge in [-0.1, -0.05) is 12.0 Å². The van der Waals surface area contributed by atoms with E-state index in [0.29, 0.717) is 29.0 Å². The van der Waals surface area contributed by atoms with Gasteiger partial charge in [0.05, 0.1) is 6.20 Å². The molecule has 0 aliphatic carbocycles. The molecule has 9 nitrogen and oxygen atoms in total. The number of amides is 3. The summed E-state index contributed by atoms with van der Waals surface area (Å²) >= 11 is 0. The second-order valence-corrected chi connectivity index (χ2v) is 7.27. The normalized spacial score (nSPS) is 10.6. The molecule has 0 atom stereocenters. The molecular weight excluding hydrogens is 408 g/mol. The Morgan fingerprint density at radius 1 is 1.28 bits per heavy atom. The number of benzene rings is 1. The predicted octanol–water partition coefficient (Wildman–Crippen LogP) is 1.14. The Balaban J connectivity index is 1.88. The molecule has 0 radical (unpaired) electrons. The van der Waals surface area contributed by atoms with E-state index >= 15 is 0 Å². The number of carbonyl (C=O) groups excluding carboxylic acids is 3. The minimum atomic E-state index is -0.603. The van der Waals surface area contributed by atoms with Gasteiger partial charge in [-0.15, -0.1) is 6.42 Å². The lowest BCUT2D eigenvalue weighted by molar-refractivity contribution is -0.123. The molecule has 0 saturated heterocycles. The molecule has 0 spiro atoms. The fraction of sp³-hybridized carbons (Fsp3) is 0.261. The quantitative estimate of drug-likeness (QED) is 0.542. The minimum Gasteiger partial charge on any atom is -0.365 e. The Bertz CT molecular complexity index is 1250. The number of hydrogen-bond acceptors (Lipinski definition) is 5. The van der Waals surface area contributed by atoms with Gasteiger partial charge in [-0.25, -0.2) is 9.50 Å². The number of nitrogens with two attached hydrogens (primary N) is 1. The molecule has 2 heterocycles. The zero-order valence-corrected chi connectivity index (χ0v) is 18.2. The third kappa shape index (κ3) is 4.44. The van der Waals surface area contributed by atoms with Crippen LogP contribution in [0.15, 0.2) is 30.5 Å². The number of anilines is 1. The first-order valence-electron chi connectivity index (χ1n) is 9.98. The Labute approximate surface area is 185 Å². The molecule has 2 aromatic heterocycles. The van der Waals surface area contributed by atoms with Gasteiger partial charge in [0, 0.05) is 36.1 Å². The first-order chi connectivity index (χ1) is 15.3. The van der Waals surface area contributed by atoms with Crippen molar-refractivity contribution in [2.75, 3.05) is 18.5 Å². The van der Waals surface area contributed by atoms with E-state index in [0.717, 1.165) is 11.3 Å². The first-order valence-corrected chi connectivity index (χ1v) is 9.98. The summed E-state index contributed by atoms with van der Waals surface area (Å²) in [5, 5.41) is 6.75. The molecule has 9 heteroatoms. The summed E-state index contributed by atoms with van der Waals surface area (Å²) in [6.07, 6.45) is 7.38. The van der Waals surface area contributed by atoms with E-state index in [1.54, 1.807) is 28.8 Å². The zero-order chi connectivity index (χ0) is 23.4. The standard InChI is InChI=1S/C23H24N6O3/c1-5-16-7-6-8-17(11-16)28(13-20(30)25-4)21(31)10-9-18-14(2)27-23-19(22(24)32)12-26-29(23)15(18)3/h1,6-8,11-12H,9-10,13H2,2-4H3,(H2,24,32)(H,25,30). The molecule has 3 aromatic rings. The smallest absolute Gasteiger partial charge is 0.254 e. The van der Waals surface area contributed by atoms with Crippen LogP contribution in [0.4, 0.5) is 5.69 Å². The van der Waals surface area contributed by atoms with Gasteiger partial charge in [-0.05, 0) is 44.0 Å². The summed E-state index contributed by atoms with van der Waals surface area (Å²) < 4.78 is 1.55. The van der Waals surface area contributed by atoms with Crippen LogP contribution < -0.4 is 16.0 Å². The van der Waals surface area contributed by atoms with Crippen molar-refractivity contribution in [3.05, 3.63) is 58.5 Å². The summed E-state index contributed by atoms with van der Waals surface area (Å²) in [7, 11) is 1.51. The number of aryl methyl sites for hydroxylation is 2. The number of terminal acetylenes is 1. The highest BCUT2D eigenvalue weighted by Gasteiger charge is 2.21. The number of nitrogens with zero attached hydrogens (tertiary/aromatic N) is 4. The van der Waals surface area contributed by atoms with Crippen LogP contribution in [-0.4, -0.2) is 45.9 Å². The minimum absolute atomic E-state index is 0.125. The summed E-state index contributed by atoms with van der Waals surface area (Å²) in [5.41, 5.74) is 9.46. The molecule has 32 heavy (non-hydrogen) atoms. The zero-order valence-electron chi connectivity index (χ0n) is 18.2. The maximum absolute atomic E-state index is 13.1. The van der Waals surface area contributed by atoms with Gasteiger partial charge in [0.15, 0.2) is 5.65 Å². The van der Waals surface area contributed by atoms with Gasteiger partial charge in [-0.3, -0.25) is 14.4 Å². The Morgan fingerprint density at radius 3 is 2.69 bits per heavy atom. The molecule has 0 aliphatic rings. The average molecular weight is 432 g/mol. The van der Waals surface area contributed by atoms with Crippen molar-refractivity contribution in [1.82, 2.24) is 19.9 Å². The number of rotatable bonds is 7. The van der Waals surface area contributed by atoms with E-state index in [-0.39, 0.29) is 30.3 Å². The van der Waals surface area contributed by atoms with Crippen molar-refractivity contribution < 1.29 is 14.4 Å². The van der Waals surface area contributed by atoms with Gasteiger partial charge >= 0.3 is 0 Å². The maximum Gasteiger partial charge on any atom is 0.254 e. The van der Waals surface area contributed by atoms with Crippen LogP contribution >= 0.6 is 0 Å². The van der Waals surface area contributed by atoms with Crippen LogP contribution in [0.25, 0.3) is 5.65 Å². The molecule has 0 fully saturated rings. The number of fused-ring (bicyclic) bond motifs is 1. The molecular formula is C23H24N6O3. The second-order valence-electron chi connectivity index (χ2n) is 7.27. The summed E-state index contributed by atoms with van der Waals surface area (Å²) in [6, 6.07) is 6.93. The highest BCUT2D eigenvalue weighted by atomic mass is 16.2. The Kier molecular flexibility index (Phi) is 6.54.